The first-order valence-electron chi connectivity index (χ1n) is 7.09. The molecule has 1 aromatic heterocycles. The summed E-state index contributed by atoms with van der Waals surface area (Å²) in [6.07, 6.45) is 5.18. The minimum absolute atomic E-state index is 0.596. The number of aliphatic hydroxyl groups excluding tert-OH is 1. The highest BCUT2D eigenvalue weighted by Crippen LogP contribution is 2.31. The van der Waals surface area contributed by atoms with Crippen LogP contribution in [0.1, 0.15) is 34.8 Å². The Morgan fingerprint density at radius 1 is 1.30 bits per heavy atom. The molecule has 0 aliphatic carbocycles. The summed E-state index contributed by atoms with van der Waals surface area (Å²) >= 11 is 0. The number of rotatable bonds is 2. The molecule has 1 aromatic carbocycles. The van der Waals surface area contributed by atoms with E-state index in [4.69, 9.17) is 0 Å². The van der Waals surface area contributed by atoms with E-state index in [1.165, 1.54) is 17.7 Å². The van der Waals surface area contributed by atoms with Crippen LogP contribution in [0.25, 0.3) is 0 Å². The summed E-state index contributed by atoms with van der Waals surface area (Å²) in [5.74, 6) is 0. The van der Waals surface area contributed by atoms with E-state index in [9.17, 15) is 5.11 Å². The molecule has 0 saturated carbocycles. The third-order valence-corrected chi connectivity index (χ3v) is 4.14. The first-order valence-corrected chi connectivity index (χ1v) is 7.09. The molecule has 2 aromatic rings. The Kier molecular flexibility index (Phi) is 3.45. The number of anilines is 1. The number of pyridine rings is 1. The Morgan fingerprint density at radius 2 is 2.15 bits per heavy atom. The smallest absolute Gasteiger partial charge is 0.106 e. The monoisotopic (exact) mass is 268 g/mol. The van der Waals surface area contributed by atoms with Gasteiger partial charge >= 0.3 is 0 Å². The number of benzene rings is 1. The average Bonchev–Trinajstić information content (AvgIpc) is 2.47. The lowest BCUT2D eigenvalue weighted by Gasteiger charge is -2.28. The van der Waals surface area contributed by atoms with Crippen molar-refractivity contribution in [3.63, 3.8) is 0 Å². The maximum atomic E-state index is 10.6. The predicted molar refractivity (Wildman–Crippen MR) is 81.1 cm³/mol. The normalized spacial score (nSPS) is 15.8. The van der Waals surface area contributed by atoms with E-state index in [2.05, 4.69) is 29.1 Å². The van der Waals surface area contributed by atoms with Crippen LogP contribution < -0.4 is 4.90 Å². The molecule has 1 N–H and O–H groups in total. The standard InChI is InChI=1S/C17H20N2O/c1-12-7-8-18-11-15(12)17(20)14-5-6-16-13(10-14)4-3-9-19(16)2/h5-8,10-11,17,20H,3-4,9H2,1-2H3. The zero-order chi connectivity index (χ0) is 14.1. The zero-order valence-corrected chi connectivity index (χ0v) is 12.0. The van der Waals surface area contributed by atoms with Gasteiger partial charge in [-0.05, 0) is 48.6 Å². The van der Waals surface area contributed by atoms with Crippen molar-refractivity contribution in [1.29, 1.82) is 0 Å². The highest BCUT2D eigenvalue weighted by molar-refractivity contribution is 5.57. The summed E-state index contributed by atoms with van der Waals surface area (Å²) in [6.45, 7) is 3.11. The zero-order valence-electron chi connectivity index (χ0n) is 12.0. The number of aromatic nitrogens is 1. The van der Waals surface area contributed by atoms with Gasteiger partial charge in [-0.25, -0.2) is 0 Å². The number of aliphatic hydroxyl groups is 1. The summed E-state index contributed by atoms with van der Waals surface area (Å²) in [7, 11) is 2.12. The maximum absolute atomic E-state index is 10.6. The second-order valence-corrected chi connectivity index (χ2v) is 5.55. The van der Waals surface area contributed by atoms with Crippen molar-refractivity contribution in [1.82, 2.24) is 4.98 Å². The van der Waals surface area contributed by atoms with Crippen molar-refractivity contribution < 1.29 is 5.11 Å². The summed E-state index contributed by atoms with van der Waals surface area (Å²) in [5.41, 5.74) is 5.53. The van der Waals surface area contributed by atoms with Gasteiger partial charge in [0.2, 0.25) is 0 Å². The molecule has 0 radical (unpaired) electrons. The molecule has 3 heteroatoms. The van der Waals surface area contributed by atoms with Crippen LogP contribution in [0.3, 0.4) is 0 Å². The third kappa shape index (κ3) is 2.29. The van der Waals surface area contributed by atoms with E-state index in [-0.39, 0.29) is 0 Å². The predicted octanol–water partition coefficient (Wildman–Crippen LogP) is 2.85. The summed E-state index contributed by atoms with van der Waals surface area (Å²) in [5, 5.41) is 10.6. The first kappa shape index (κ1) is 13.1. The summed E-state index contributed by atoms with van der Waals surface area (Å²) in [4.78, 5) is 6.41. The van der Waals surface area contributed by atoms with Crippen LogP contribution in [0.5, 0.6) is 0 Å². The van der Waals surface area contributed by atoms with E-state index in [0.29, 0.717) is 0 Å². The van der Waals surface area contributed by atoms with Crippen LogP contribution in [0, 0.1) is 6.92 Å². The lowest BCUT2D eigenvalue weighted by molar-refractivity contribution is 0.219. The quantitative estimate of drug-likeness (QED) is 0.910. The van der Waals surface area contributed by atoms with Crippen molar-refractivity contribution in [2.75, 3.05) is 18.5 Å². The first-order chi connectivity index (χ1) is 9.66. The van der Waals surface area contributed by atoms with Gasteiger partial charge in [-0.15, -0.1) is 0 Å². The maximum Gasteiger partial charge on any atom is 0.106 e. The number of aryl methyl sites for hydroxylation is 2. The van der Waals surface area contributed by atoms with Crippen molar-refractivity contribution in [3.8, 4) is 0 Å². The van der Waals surface area contributed by atoms with Crippen LogP contribution in [-0.4, -0.2) is 23.7 Å². The lowest BCUT2D eigenvalue weighted by Crippen LogP contribution is -2.24. The molecule has 1 aliphatic heterocycles. The van der Waals surface area contributed by atoms with Gasteiger partial charge in [0.15, 0.2) is 0 Å². The second-order valence-electron chi connectivity index (χ2n) is 5.55. The topological polar surface area (TPSA) is 36.4 Å². The second kappa shape index (κ2) is 5.25. The molecule has 0 fully saturated rings. The average molecular weight is 268 g/mol. The van der Waals surface area contributed by atoms with Crippen LogP contribution in [0.2, 0.25) is 0 Å². The van der Waals surface area contributed by atoms with Crippen LogP contribution in [0.15, 0.2) is 36.7 Å². The molecule has 0 spiro atoms. The van der Waals surface area contributed by atoms with Gasteiger partial charge in [0.05, 0.1) is 0 Å². The molecular formula is C17H20N2O. The number of fused-ring (bicyclic) bond motifs is 1. The molecule has 1 unspecified atom stereocenters. The fourth-order valence-corrected chi connectivity index (χ4v) is 2.92. The molecule has 104 valence electrons. The molecular weight excluding hydrogens is 248 g/mol. The van der Waals surface area contributed by atoms with Gasteiger partial charge in [0.25, 0.3) is 0 Å². The molecule has 20 heavy (non-hydrogen) atoms. The minimum atomic E-state index is -0.596. The molecule has 0 bridgehead atoms. The number of hydrogen-bond donors (Lipinski definition) is 1. The van der Waals surface area contributed by atoms with Crippen molar-refractivity contribution >= 4 is 5.69 Å². The fourth-order valence-electron chi connectivity index (χ4n) is 2.92. The molecule has 2 heterocycles. The minimum Gasteiger partial charge on any atom is -0.384 e. The van der Waals surface area contributed by atoms with Gasteiger partial charge in [0, 0.05) is 37.2 Å². The van der Waals surface area contributed by atoms with Crippen LogP contribution >= 0.6 is 0 Å². The Labute approximate surface area is 119 Å². The fraction of sp³-hybridized carbons (Fsp3) is 0.353. The van der Waals surface area contributed by atoms with Crippen LogP contribution in [-0.2, 0) is 6.42 Å². The number of hydrogen-bond acceptors (Lipinski definition) is 3. The molecule has 3 nitrogen and oxygen atoms in total. The Hall–Kier alpha value is -1.87. The van der Waals surface area contributed by atoms with E-state index in [0.717, 1.165) is 29.7 Å². The van der Waals surface area contributed by atoms with Gasteiger partial charge in [-0.3, -0.25) is 4.98 Å². The number of nitrogens with zero attached hydrogens (tertiary/aromatic N) is 2. The van der Waals surface area contributed by atoms with Crippen molar-refractivity contribution in [3.05, 3.63) is 58.9 Å². The van der Waals surface area contributed by atoms with E-state index >= 15 is 0 Å². The lowest BCUT2D eigenvalue weighted by atomic mass is 9.94. The van der Waals surface area contributed by atoms with Crippen LogP contribution in [0.4, 0.5) is 5.69 Å². The molecule has 0 amide bonds. The SMILES string of the molecule is Cc1ccncc1C(O)c1ccc2c(c1)CCCN2C. The largest absolute Gasteiger partial charge is 0.384 e. The van der Waals surface area contributed by atoms with E-state index < -0.39 is 6.10 Å². The molecule has 0 saturated heterocycles. The van der Waals surface area contributed by atoms with Gasteiger partial charge in [0.1, 0.15) is 6.10 Å². The van der Waals surface area contributed by atoms with E-state index in [1.807, 2.05) is 19.1 Å². The van der Waals surface area contributed by atoms with Crippen molar-refractivity contribution in [2.24, 2.45) is 0 Å². The molecule has 1 atom stereocenters. The van der Waals surface area contributed by atoms with Gasteiger partial charge in [-0.2, -0.15) is 0 Å². The van der Waals surface area contributed by atoms with Gasteiger partial charge < -0.3 is 10.0 Å². The molecule has 1 aliphatic rings. The Bertz CT molecular complexity index is 624. The summed E-state index contributed by atoms with van der Waals surface area (Å²) < 4.78 is 0. The Morgan fingerprint density at radius 3 is 2.95 bits per heavy atom. The third-order valence-electron chi connectivity index (χ3n) is 4.14. The molecule has 3 rings (SSSR count). The Balaban J connectivity index is 1.97. The van der Waals surface area contributed by atoms with Gasteiger partial charge in [-0.1, -0.05) is 12.1 Å². The highest BCUT2D eigenvalue weighted by Gasteiger charge is 2.18. The highest BCUT2D eigenvalue weighted by atomic mass is 16.3. The van der Waals surface area contributed by atoms with E-state index in [1.54, 1.807) is 12.4 Å². The summed E-state index contributed by atoms with van der Waals surface area (Å²) in [6, 6.07) is 8.23. The van der Waals surface area contributed by atoms with Crippen molar-refractivity contribution in [2.45, 2.75) is 25.9 Å².